The summed E-state index contributed by atoms with van der Waals surface area (Å²) in [7, 11) is 0. The van der Waals surface area contributed by atoms with Crippen LogP contribution >= 0.6 is 0 Å². The van der Waals surface area contributed by atoms with E-state index in [1.807, 2.05) is 42.8 Å². The molecule has 32 heavy (non-hydrogen) atoms. The number of carbonyl (C=O) groups excluding carboxylic acids is 1. The second-order valence-electron chi connectivity index (χ2n) is 9.26. The van der Waals surface area contributed by atoms with E-state index in [1.165, 1.54) is 35.8 Å². The van der Waals surface area contributed by atoms with Crippen molar-refractivity contribution < 1.29 is 9.21 Å². The number of ketones is 1. The van der Waals surface area contributed by atoms with Gasteiger partial charge < -0.3 is 4.42 Å². The predicted octanol–water partition coefficient (Wildman–Crippen LogP) is 6.24. The summed E-state index contributed by atoms with van der Waals surface area (Å²) >= 11 is 0. The molecular weight excluding hydrogens is 396 g/mol. The molecule has 5 rings (SSSR count). The molecule has 4 nitrogen and oxygen atoms in total. The van der Waals surface area contributed by atoms with E-state index in [0.717, 1.165) is 56.6 Å². The van der Waals surface area contributed by atoms with Gasteiger partial charge in [-0.1, -0.05) is 49.6 Å². The van der Waals surface area contributed by atoms with Gasteiger partial charge in [-0.3, -0.25) is 14.7 Å². The Balaban J connectivity index is 1.25. The highest BCUT2D eigenvalue weighted by molar-refractivity contribution is 5.91. The molecule has 3 aromatic rings. The average Bonchev–Trinajstić information content (AvgIpc) is 3.30. The summed E-state index contributed by atoms with van der Waals surface area (Å²) in [4.78, 5) is 20.5. The van der Waals surface area contributed by atoms with Crippen LogP contribution in [0.2, 0.25) is 0 Å². The number of pyridine rings is 1. The molecular formula is C28H32N2O2. The number of aromatic nitrogens is 1. The van der Waals surface area contributed by atoms with Crippen LogP contribution < -0.4 is 0 Å². The van der Waals surface area contributed by atoms with Crippen LogP contribution in [0.1, 0.15) is 62.1 Å². The highest BCUT2D eigenvalue weighted by Gasteiger charge is 2.30. The predicted molar refractivity (Wildman–Crippen MR) is 128 cm³/mol. The lowest BCUT2D eigenvalue weighted by Crippen LogP contribution is -2.33. The van der Waals surface area contributed by atoms with Gasteiger partial charge in [0.15, 0.2) is 0 Å². The standard InChI is InChI=1S/C28H32N2O2/c31-28(22-8-2-1-3-9-22)24(26-11-6-7-16-29-26)15-19-30-17-13-21(14-18-30)25-20-32-27-12-5-4-10-23(25)27/h4-7,10-13,16,20,22,24H,1-3,8-9,14-15,17-19H2. The minimum atomic E-state index is -0.0810. The van der Waals surface area contributed by atoms with E-state index in [9.17, 15) is 4.79 Å². The third-order valence-electron chi connectivity index (χ3n) is 7.25. The largest absolute Gasteiger partial charge is 0.464 e. The summed E-state index contributed by atoms with van der Waals surface area (Å²) in [5.41, 5.74) is 4.48. The number of carbonyl (C=O) groups is 1. The molecule has 1 aliphatic carbocycles. The Hall–Kier alpha value is -2.72. The zero-order valence-electron chi connectivity index (χ0n) is 18.7. The van der Waals surface area contributed by atoms with Crippen LogP contribution in [0.5, 0.6) is 0 Å². The number of para-hydroxylation sites is 1. The molecule has 2 aromatic heterocycles. The normalized spacial score (nSPS) is 19.1. The first-order valence-electron chi connectivity index (χ1n) is 12.1. The van der Waals surface area contributed by atoms with Crippen LogP contribution in [0.4, 0.5) is 0 Å². The molecule has 1 aliphatic heterocycles. The Morgan fingerprint density at radius 2 is 1.94 bits per heavy atom. The van der Waals surface area contributed by atoms with Gasteiger partial charge in [0.2, 0.25) is 0 Å². The van der Waals surface area contributed by atoms with Crippen molar-refractivity contribution in [2.45, 2.75) is 50.9 Å². The van der Waals surface area contributed by atoms with Crippen molar-refractivity contribution in [1.29, 1.82) is 0 Å². The first-order valence-corrected chi connectivity index (χ1v) is 12.1. The van der Waals surface area contributed by atoms with Gasteiger partial charge in [-0.15, -0.1) is 0 Å². The fourth-order valence-corrected chi connectivity index (χ4v) is 5.39. The molecule has 1 aromatic carbocycles. The van der Waals surface area contributed by atoms with E-state index >= 15 is 0 Å². The van der Waals surface area contributed by atoms with Crippen LogP contribution in [0, 0.1) is 5.92 Å². The minimum Gasteiger partial charge on any atom is -0.464 e. The molecule has 1 atom stereocenters. The topological polar surface area (TPSA) is 46.3 Å². The lowest BCUT2D eigenvalue weighted by Gasteiger charge is -2.29. The van der Waals surface area contributed by atoms with E-state index in [-0.39, 0.29) is 11.8 Å². The average molecular weight is 429 g/mol. The van der Waals surface area contributed by atoms with E-state index in [1.54, 1.807) is 0 Å². The SMILES string of the molecule is O=C(C1CCCCC1)C(CCN1CC=C(c2coc3ccccc23)CC1)c1ccccn1. The number of hydrogen-bond acceptors (Lipinski definition) is 4. The van der Waals surface area contributed by atoms with E-state index in [2.05, 4.69) is 28.1 Å². The molecule has 1 saturated carbocycles. The minimum absolute atomic E-state index is 0.0810. The molecule has 0 radical (unpaired) electrons. The second-order valence-corrected chi connectivity index (χ2v) is 9.26. The molecule has 0 amide bonds. The summed E-state index contributed by atoms with van der Waals surface area (Å²) in [6.45, 7) is 2.86. The number of furan rings is 1. The van der Waals surface area contributed by atoms with Crippen molar-refractivity contribution in [3.8, 4) is 0 Å². The van der Waals surface area contributed by atoms with Crippen LogP contribution in [-0.4, -0.2) is 35.3 Å². The first-order chi connectivity index (χ1) is 15.8. The maximum Gasteiger partial charge on any atom is 0.145 e. The molecule has 166 valence electrons. The zero-order chi connectivity index (χ0) is 21.8. The van der Waals surface area contributed by atoms with Gasteiger partial charge in [-0.25, -0.2) is 0 Å². The van der Waals surface area contributed by atoms with Crippen LogP contribution in [-0.2, 0) is 4.79 Å². The van der Waals surface area contributed by atoms with Crippen molar-refractivity contribution in [2.24, 2.45) is 5.92 Å². The molecule has 4 heteroatoms. The second kappa shape index (κ2) is 9.83. The molecule has 2 aliphatic rings. The summed E-state index contributed by atoms with van der Waals surface area (Å²) in [6, 6.07) is 14.2. The van der Waals surface area contributed by atoms with Gasteiger partial charge in [0.1, 0.15) is 11.4 Å². The smallest absolute Gasteiger partial charge is 0.145 e. The quantitative estimate of drug-likeness (QED) is 0.447. The molecule has 1 fully saturated rings. The number of benzene rings is 1. The Morgan fingerprint density at radius 3 is 2.72 bits per heavy atom. The van der Waals surface area contributed by atoms with Gasteiger partial charge in [-0.2, -0.15) is 0 Å². The van der Waals surface area contributed by atoms with Gasteiger partial charge in [0.05, 0.1) is 17.9 Å². The molecule has 3 heterocycles. The fourth-order valence-electron chi connectivity index (χ4n) is 5.39. The van der Waals surface area contributed by atoms with Gasteiger partial charge in [0, 0.05) is 36.2 Å². The molecule has 1 unspecified atom stereocenters. The van der Waals surface area contributed by atoms with E-state index < -0.39 is 0 Å². The maximum atomic E-state index is 13.4. The van der Waals surface area contributed by atoms with Crippen molar-refractivity contribution in [3.63, 3.8) is 0 Å². The molecule has 0 spiro atoms. The Kier molecular flexibility index (Phi) is 6.49. The fraction of sp³-hybridized carbons (Fsp3) is 0.429. The van der Waals surface area contributed by atoms with Gasteiger partial charge in [-0.05, 0) is 56.0 Å². The molecule has 0 bridgehead atoms. The monoisotopic (exact) mass is 428 g/mol. The Morgan fingerprint density at radius 1 is 1.09 bits per heavy atom. The summed E-state index contributed by atoms with van der Waals surface area (Å²) < 4.78 is 5.74. The van der Waals surface area contributed by atoms with Crippen molar-refractivity contribution in [3.05, 3.63) is 72.3 Å². The first kappa shape index (κ1) is 21.1. The van der Waals surface area contributed by atoms with E-state index in [4.69, 9.17) is 4.42 Å². The number of hydrogen-bond donors (Lipinski definition) is 0. The Bertz CT molecular complexity index is 1080. The number of nitrogens with zero attached hydrogens (tertiary/aromatic N) is 2. The number of Topliss-reactive ketones (excluding diaryl/α,β-unsaturated/α-hetero) is 1. The van der Waals surface area contributed by atoms with Crippen molar-refractivity contribution in [2.75, 3.05) is 19.6 Å². The third-order valence-corrected chi connectivity index (χ3v) is 7.25. The van der Waals surface area contributed by atoms with Crippen molar-refractivity contribution in [1.82, 2.24) is 9.88 Å². The summed E-state index contributed by atoms with van der Waals surface area (Å²) in [5, 5.41) is 1.19. The van der Waals surface area contributed by atoms with Crippen LogP contribution in [0.25, 0.3) is 16.5 Å². The summed E-state index contributed by atoms with van der Waals surface area (Å²) in [6.07, 6.45) is 13.7. The zero-order valence-corrected chi connectivity index (χ0v) is 18.7. The van der Waals surface area contributed by atoms with Crippen LogP contribution in [0.3, 0.4) is 0 Å². The van der Waals surface area contributed by atoms with Gasteiger partial charge in [0.25, 0.3) is 0 Å². The van der Waals surface area contributed by atoms with Gasteiger partial charge >= 0.3 is 0 Å². The Labute approximate surface area is 190 Å². The highest BCUT2D eigenvalue weighted by atomic mass is 16.3. The lowest BCUT2D eigenvalue weighted by atomic mass is 9.79. The van der Waals surface area contributed by atoms with Crippen LogP contribution in [0.15, 0.2) is 65.4 Å². The highest BCUT2D eigenvalue weighted by Crippen LogP contribution is 2.33. The molecule has 0 saturated heterocycles. The van der Waals surface area contributed by atoms with E-state index in [0.29, 0.717) is 5.78 Å². The summed E-state index contributed by atoms with van der Waals surface area (Å²) in [5.74, 6) is 0.557. The third kappa shape index (κ3) is 4.56. The lowest BCUT2D eigenvalue weighted by molar-refractivity contribution is -0.125. The number of fused-ring (bicyclic) bond motifs is 1. The number of rotatable bonds is 7. The van der Waals surface area contributed by atoms with Crippen molar-refractivity contribution >= 4 is 22.3 Å². The maximum absolute atomic E-state index is 13.4. The molecule has 0 N–H and O–H groups in total.